The maximum Gasteiger partial charge on any atom is 0.303 e. The predicted molar refractivity (Wildman–Crippen MR) is 70.5 cm³/mol. The van der Waals surface area contributed by atoms with E-state index in [1.54, 1.807) is 0 Å². The van der Waals surface area contributed by atoms with Gasteiger partial charge in [-0.1, -0.05) is 0 Å². The maximum absolute atomic E-state index is 10.2. The van der Waals surface area contributed by atoms with Crippen LogP contribution in [0.2, 0.25) is 0 Å². The standard InChI is InChI=1S/C7H10O4S2.3H3N/c8-5(9)2-1-4(7(11)13)3-6(10)12;;;/h4H,1-3H2,(H,8,9)(H,10,12)(H,11,13);3*1H3. The Bertz CT molecular complexity index is 238. The smallest absolute Gasteiger partial charge is 0.303 e. The highest BCUT2D eigenvalue weighted by atomic mass is 32.1. The van der Waals surface area contributed by atoms with Gasteiger partial charge in [0.25, 0.3) is 0 Å². The van der Waals surface area contributed by atoms with Gasteiger partial charge in [0.05, 0.1) is 0 Å². The number of carboxylic acids is 1. The van der Waals surface area contributed by atoms with E-state index in [1.165, 1.54) is 0 Å². The van der Waals surface area contributed by atoms with Crippen LogP contribution in [0.3, 0.4) is 0 Å². The van der Waals surface area contributed by atoms with Crippen molar-refractivity contribution in [2.75, 3.05) is 0 Å². The van der Waals surface area contributed by atoms with Crippen molar-refractivity contribution >= 4 is 40.5 Å². The van der Waals surface area contributed by atoms with Crippen molar-refractivity contribution in [2.24, 2.45) is 5.92 Å². The summed E-state index contributed by atoms with van der Waals surface area (Å²) < 4.78 is 0. The van der Waals surface area contributed by atoms with E-state index in [2.05, 4.69) is 24.4 Å². The van der Waals surface area contributed by atoms with E-state index in [4.69, 9.17) is 15.3 Å². The molecular weight excluding hydrogens is 254 g/mol. The molecule has 7 nitrogen and oxygen atoms in total. The van der Waals surface area contributed by atoms with E-state index < -0.39 is 11.9 Å². The molecule has 12 N–H and O–H groups in total. The predicted octanol–water partition coefficient (Wildman–Crippen LogP) is 2.11. The molecule has 0 amide bonds. The molecule has 0 saturated carbocycles. The van der Waals surface area contributed by atoms with Crippen LogP contribution in [0.5, 0.6) is 0 Å². The SMILES string of the molecule is N.N.N.O=C(O)CCC(CC(O)=S)C(O)=S. The monoisotopic (exact) mass is 273 g/mol. The number of aliphatic carboxylic acids is 1. The van der Waals surface area contributed by atoms with Crippen LogP contribution in [-0.2, 0) is 4.79 Å². The van der Waals surface area contributed by atoms with E-state index in [0.717, 1.165) is 0 Å². The highest BCUT2D eigenvalue weighted by Gasteiger charge is 2.16. The van der Waals surface area contributed by atoms with Crippen molar-refractivity contribution in [3.05, 3.63) is 0 Å². The molecule has 0 rings (SSSR count). The minimum Gasteiger partial charge on any atom is -0.502 e. The molecule has 0 aliphatic heterocycles. The number of aliphatic hydroxyl groups is 2. The van der Waals surface area contributed by atoms with Gasteiger partial charge in [0.1, 0.15) is 0 Å². The molecule has 98 valence electrons. The van der Waals surface area contributed by atoms with Crippen LogP contribution in [0.1, 0.15) is 19.3 Å². The average molecular weight is 273 g/mol. The van der Waals surface area contributed by atoms with Crippen LogP contribution in [0.15, 0.2) is 0 Å². The fourth-order valence-electron chi connectivity index (χ4n) is 0.821. The third-order valence-electron chi connectivity index (χ3n) is 1.48. The van der Waals surface area contributed by atoms with Crippen LogP contribution < -0.4 is 18.5 Å². The number of hydrogen-bond acceptors (Lipinski definition) is 6. The van der Waals surface area contributed by atoms with Crippen LogP contribution in [0.4, 0.5) is 0 Å². The third-order valence-corrected chi connectivity index (χ3v) is 1.98. The second-order valence-corrected chi connectivity index (χ2v) is 3.45. The Morgan fingerprint density at radius 1 is 1.06 bits per heavy atom. The zero-order valence-electron chi connectivity index (χ0n) is 8.89. The van der Waals surface area contributed by atoms with Gasteiger partial charge in [-0.05, 0) is 30.9 Å². The van der Waals surface area contributed by atoms with E-state index in [9.17, 15) is 4.79 Å². The maximum atomic E-state index is 10.2. The molecule has 16 heavy (non-hydrogen) atoms. The topological polar surface area (TPSA) is 183 Å². The molecule has 0 saturated heterocycles. The van der Waals surface area contributed by atoms with E-state index >= 15 is 0 Å². The second-order valence-electron chi connectivity index (χ2n) is 2.57. The fraction of sp³-hybridized carbons (Fsp3) is 0.571. The first-order chi connectivity index (χ1) is 5.93. The second kappa shape index (κ2) is 12.2. The summed E-state index contributed by atoms with van der Waals surface area (Å²) in [4.78, 5) is 10.2. The molecule has 0 aliphatic carbocycles. The fourth-order valence-corrected chi connectivity index (χ4v) is 1.22. The van der Waals surface area contributed by atoms with Crippen molar-refractivity contribution in [3.8, 4) is 0 Å². The third kappa shape index (κ3) is 13.1. The largest absolute Gasteiger partial charge is 0.502 e. The first-order valence-electron chi connectivity index (χ1n) is 3.60. The number of carbonyl (C=O) groups is 1. The van der Waals surface area contributed by atoms with E-state index in [-0.39, 0.29) is 47.8 Å². The summed E-state index contributed by atoms with van der Waals surface area (Å²) in [6, 6.07) is 0. The Labute approximate surface area is 105 Å². The molecular formula is C7H19N3O4S2. The molecule has 0 aliphatic rings. The highest BCUT2D eigenvalue weighted by molar-refractivity contribution is 7.80. The van der Waals surface area contributed by atoms with Crippen molar-refractivity contribution in [3.63, 3.8) is 0 Å². The van der Waals surface area contributed by atoms with Gasteiger partial charge >= 0.3 is 5.97 Å². The van der Waals surface area contributed by atoms with Crippen LogP contribution in [-0.4, -0.2) is 31.4 Å². The Balaban J connectivity index is -0.000000240. The van der Waals surface area contributed by atoms with Crippen molar-refractivity contribution in [2.45, 2.75) is 19.3 Å². The van der Waals surface area contributed by atoms with Gasteiger partial charge in [0, 0.05) is 18.8 Å². The van der Waals surface area contributed by atoms with Crippen molar-refractivity contribution in [1.29, 1.82) is 0 Å². The van der Waals surface area contributed by atoms with E-state index in [1.807, 2.05) is 0 Å². The molecule has 0 heterocycles. The van der Waals surface area contributed by atoms with Crippen molar-refractivity contribution in [1.82, 2.24) is 18.5 Å². The lowest BCUT2D eigenvalue weighted by Gasteiger charge is -2.10. The number of thiocarbonyl (C=S) groups is 2. The normalized spacial score (nSPS) is 9.75. The Kier molecular flexibility index (Phi) is 18.6. The Morgan fingerprint density at radius 3 is 1.75 bits per heavy atom. The first-order valence-corrected chi connectivity index (χ1v) is 4.41. The summed E-state index contributed by atoms with van der Waals surface area (Å²) in [5.41, 5.74) is 0. The molecule has 0 aromatic heterocycles. The molecule has 0 spiro atoms. The molecule has 0 radical (unpaired) electrons. The number of aliphatic hydroxyl groups excluding tert-OH is 2. The van der Waals surface area contributed by atoms with Crippen LogP contribution >= 0.6 is 24.4 Å². The van der Waals surface area contributed by atoms with Gasteiger partial charge in [-0.2, -0.15) is 0 Å². The first kappa shape index (κ1) is 24.4. The van der Waals surface area contributed by atoms with Gasteiger partial charge in [-0.15, -0.1) is 0 Å². The quantitative estimate of drug-likeness (QED) is 0.394. The summed E-state index contributed by atoms with van der Waals surface area (Å²) in [6.45, 7) is 0. The molecule has 9 heteroatoms. The van der Waals surface area contributed by atoms with Gasteiger partial charge < -0.3 is 33.8 Å². The van der Waals surface area contributed by atoms with Gasteiger partial charge in [0.15, 0.2) is 10.1 Å². The minimum absolute atomic E-state index is 0. The molecule has 0 aromatic carbocycles. The molecule has 1 unspecified atom stereocenters. The minimum atomic E-state index is -0.967. The summed E-state index contributed by atoms with van der Waals surface area (Å²) in [5, 5.41) is 25.5. The Morgan fingerprint density at radius 2 is 1.50 bits per heavy atom. The molecule has 1 atom stereocenters. The number of rotatable bonds is 6. The van der Waals surface area contributed by atoms with Crippen LogP contribution in [0, 0.1) is 5.92 Å². The van der Waals surface area contributed by atoms with Crippen molar-refractivity contribution < 1.29 is 20.1 Å². The average Bonchev–Trinajstić information content (AvgIpc) is 1.96. The lowest BCUT2D eigenvalue weighted by atomic mass is 10.0. The summed E-state index contributed by atoms with van der Waals surface area (Å²) in [5.74, 6) is -1.51. The highest BCUT2D eigenvalue weighted by Crippen LogP contribution is 2.13. The van der Waals surface area contributed by atoms with E-state index in [0.29, 0.717) is 0 Å². The number of hydrogen-bond donors (Lipinski definition) is 6. The van der Waals surface area contributed by atoms with Gasteiger partial charge in [-0.25, -0.2) is 0 Å². The molecule has 0 bridgehead atoms. The summed E-state index contributed by atoms with van der Waals surface area (Å²) in [7, 11) is 0. The molecule has 0 aromatic rings. The molecule has 0 fully saturated rings. The summed E-state index contributed by atoms with van der Waals surface area (Å²) >= 11 is 8.89. The number of carboxylic acid groups (broad SMARTS) is 1. The van der Waals surface area contributed by atoms with Gasteiger partial charge in [0.2, 0.25) is 0 Å². The lowest BCUT2D eigenvalue weighted by molar-refractivity contribution is -0.137. The summed E-state index contributed by atoms with van der Waals surface area (Å²) in [6.07, 6.45) is 0.122. The Hall–Kier alpha value is -0.870. The zero-order chi connectivity index (χ0) is 10.4. The van der Waals surface area contributed by atoms with Gasteiger partial charge in [-0.3, -0.25) is 4.79 Å². The lowest BCUT2D eigenvalue weighted by Crippen LogP contribution is -2.16. The van der Waals surface area contributed by atoms with Crippen LogP contribution in [0.25, 0.3) is 0 Å². The zero-order valence-corrected chi connectivity index (χ0v) is 10.5.